The van der Waals surface area contributed by atoms with E-state index in [0.717, 1.165) is 50.6 Å². The molecule has 1 aromatic rings. The number of carbonyl (C=O) groups excluding carboxylic acids is 1. The van der Waals surface area contributed by atoms with Crippen molar-refractivity contribution < 1.29 is 9.53 Å². The van der Waals surface area contributed by atoms with Gasteiger partial charge < -0.3 is 25.6 Å². The van der Waals surface area contributed by atoms with E-state index in [-0.39, 0.29) is 5.91 Å². The minimum atomic E-state index is -0.0299. The number of carbonyl (C=O) groups is 1. The molecule has 3 N–H and O–H groups in total. The lowest BCUT2D eigenvalue weighted by atomic mass is 10.1. The van der Waals surface area contributed by atoms with E-state index in [1.807, 2.05) is 31.2 Å². The number of benzene rings is 1. The largest absolute Gasteiger partial charge is 0.385 e. The molecule has 0 spiro atoms. The first-order valence-electron chi connectivity index (χ1n) is 9.59. The third-order valence-electron chi connectivity index (χ3n) is 4.08. The highest BCUT2D eigenvalue weighted by Crippen LogP contribution is 2.05. The Balaban J connectivity index is 2.39. The van der Waals surface area contributed by atoms with Gasteiger partial charge in [0, 0.05) is 59.1 Å². The molecule has 0 aliphatic rings. The molecule has 0 aliphatic heterocycles. The van der Waals surface area contributed by atoms with Crippen molar-refractivity contribution in [3.05, 3.63) is 35.4 Å². The first kappa shape index (κ1) is 22.9. The molecule has 27 heavy (non-hydrogen) atoms. The maximum atomic E-state index is 12.1. The Labute approximate surface area is 163 Å². The van der Waals surface area contributed by atoms with Gasteiger partial charge in [0.1, 0.15) is 0 Å². The van der Waals surface area contributed by atoms with Gasteiger partial charge in [0.05, 0.1) is 0 Å². The van der Waals surface area contributed by atoms with Crippen LogP contribution < -0.4 is 16.0 Å². The Morgan fingerprint density at radius 3 is 2.70 bits per heavy atom. The van der Waals surface area contributed by atoms with Crippen molar-refractivity contribution in [1.82, 2.24) is 20.9 Å². The topological polar surface area (TPSA) is 78.0 Å². The van der Waals surface area contributed by atoms with E-state index in [1.54, 1.807) is 14.2 Å². The molecule has 0 saturated carbocycles. The van der Waals surface area contributed by atoms with Gasteiger partial charge >= 0.3 is 0 Å². The van der Waals surface area contributed by atoms with Gasteiger partial charge in [-0.05, 0) is 37.6 Å². The molecule has 1 rings (SSSR count). The van der Waals surface area contributed by atoms with Crippen LogP contribution in [-0.4, -0.2) is 70.8 Å². The van der Waals surface area contributed by atoms with Crippen LogP contribution in [0, 0.1) is 0 Å². The van der Waals surface area contributed by atoms with Crippen LogP contribution >= 0.6 is 0 Å². The van der Waals surface area contributed by atoms with Crippen LogP contribution in [0.5, 0.6) is 0 Å². The first-order valence-corrected chi connectivity index (χ1v) is 9.59. The van der Waals surface area contributed by atoms with Crippen LogP contribution in [0.4, 0.5) is 0 Å². The molecule has 0 heterocycles. The molecule has 7 heteroatoms. The molecule has 1 aromatic carbocycles. The zero-order chi connectivity index (χ0) is 19.9. The molecule has 0 unspecified atom stereocenters. The van der Waals surface area contributed by atoms with Gasteiger partial charge in [-0.15, -0.1) is 0 Å². The Kier molecular flexibility index (Phi) is 11.9. The number of amides is 1. The van der Waals surface area contributed by atoms with Gasteiger partial charge in [0.25, 0.3) is 5.91 Å². The van der Waals surface area contributed by atoms with Gasteiger partial charge in [0.2, 0.25) is 0 Å². The summed E-state index contributed by atoms with van der Waals surface area (Å²) >= 11 is 0. The minimum absolute atomic E-state index is 0.0299. The van der Waals surface area contributed by atoms with Crippen LogP contribution in [0.1, 0.15) is 35.7 Å². The number of nitrogens with zero attached hydrogens (tertiary/aromatic N) is 2. The summed E-state index contributed by atoms with van der Waals surface area (Å²) in [5, 5.41) is 9.50. The van der Waals surface area contributed by atoms with Crippen LogP contribution in [0.3, 0.4) is 0 Å². The molecule has 0 aliphatic carbocycles. The molecule has 0 bridgehead atoms. The average molecular weight is 378 g/mol. The number of rotatable bonds is 12. The summed E-state index contributed by atoms with van der Waals surface area (Å²) in [4.78, 5) is 18.6. The number of guanidine groups is 1. The van der Waals surface area contributed by atoms with Gasteiger partial charge in [0.15, 0.2) is 5.96 Å². The molecular weight excluding hydrogens is 342 g/mol. The highest BCUT2D eigenvalue weighted by atomic mass is 16.5. The molecule has 0 radical (unpaired) electrons. The highest BCUT2D eigenvalue weighted by molar-refractivity contribution is 5.94. The Morgan fingerprint density at radius 2 is 2.00 bits per heavy atom. The third kappa shape index (κ3) is 9.96. The number of aliphatic imine (C=N–C) groups is 1. The van der Waals surface area contributed by atoms with E-state index in [1.165, 1.54) is 0 Å². The normalized spacial score (nSPS) is 11.5. The Hall–Kier alpha value is -2.12. The SMILES string of the molecule is CCCNC(=O)c1cccc(CNC(=NC)NCCN(C)CCCOC)c1. The quantitative estimate of drug-likeness (QED) is 0.292. The summed E-state index contributed by atoms with van der Waals surface area (Å²) < 4.78 is 5.07. The molecule has 0 aromatic heterocycles. The van der Waals surface area contributed by atoms with Crippen molar-refractivity contribution >= 4 is 11.9 Å². The van der Waals surface area contributed by atoms with Crippen molar-refractivity contribution in [2.24, 2.45) is 4.99 Å². The van der Waals surface area contributed by atoms with Crippen LogP contribution in [0.25, 0.3) is 0 Å². The van der Waals surface area contributed by atoms with Gasteiger partial charge in [-0.25, -0.2) is 0 Å². The second-order valence-electron chi connectivity index (χ2n) is 6.46. The molecule has 0 atom stereocenters. The number of methoxy groups -OCH3 is 1. The van der Waals surface area contributed by atoms with Crippen molar-refractivity contribution in [3.8, 4) is 0 Å². The molecule has 7 nitrogen and oxygen atoms in total. The lowest BCUT2D eigenvalue weighted by molar-refractivity contribution is 0.0953. The first-order chi connectivity index (χ1) is 13.1. The summed E-state index contributed by atoms with van der Waals surface area (Å²) in [5.74, 6) is 0.721. The summed E-state index contributed by atoms with van der Waals surface area (Å²) in [6, 6.07) is 7.65. The van der Waals surface area contributed by atoms with Crippen molar-refractivity contribution in [3.63, 3.8) is 0 Å². The fourth-order valence-electron chi connectivity index (χ4n) is 2.53. The summed E-state index contributed by atoms with van der Waals surface area (Å²) in [5.41, 5.74) is 1.72. The number of hydrogen-bond acceptors (Lipinski definition) is 4. The summed E-state index contributed by atoms with van der Waals surface area (Å²) in [7, 11) is 5.58. The van der Waals surface area contributed by atoms with Crippen LogP contribution in [0.2, 0.25) is 0 Å². The maximum absolute atomic E-state index is 12.1. The lowest BCUT2D eigenvalue weighted by Gasteiger charge is -2.18. The second kappa shape index (κ2) is 14.0. The number of nitrogens with one attached hydrogen (secondary N) is 3. The van der Waals surface area contributed by atoms with Crippen molar-refractivity contribution in [2.75, 3.05) is 54.0 Å². The van der Waals surface area contributed by atoms with Gasteiger partial charge in [-0.1, -0.05) is 19.1 Å². The van der Waals surface area contributed by atoms with Crippen molar-refractivity contribution in [1.29, 1.82) is 0 Å². The molecule has 0 fully saturated rings. The van der Waals surface area contributed by atoms with Gasteiger partial charge in [-0.3, -0.25) is 9.79 Å². The van der Waals surface area contributed by atoms with E-state index in [9.17, 15) is 4.79 Å². The van der Waals surface area contributed by atoms with E-state index in [0.29, 0.717) is 18.7 Å². The predicted molar refractivity (Wildman–Crippen MR) is 111 cm³/mol. The van der Waals surface area contributed by atoms with E-state index >= 15 is 0 Å². The fraction of sp³-hybridized carbons (Fsp3) is 0.600. The number of likely N-dealkylation sites (N-methyl/N-ethyl adjacent to an activating group) is 1. The van der Waals surface area contributed by atoms with Gasteiger partial charge in [-0.2, -0.15) is 0 Å². The zero-order valence-corrected chi connectivity index (χ0v) is 17.2. The van der Waals surface area contributed by atoms with Crippen molar-refractivity contribution in [2.45, 2.75) is 26.3 Å². The van der Waals surface area contributed by atoms with Crippen LogP contribution in [0.15, 0.2) is 29.3 Å². The average Bonchev–Trinajstić information content (AvgIpc) is 2.69. The molecule has 0 saturated heterocycles. The lowest BCUT2D eigenvalue weighted by Crippen LogP contribution is -2.40. The molecule has 1 amide bonds. The van der Waals surface area contributed by atoms with E-state index < -0.39 is 0 Å². The molecule has 152 valence electrons. The second-order valence-corrected chi connectivity index (χ2v) is 6.46. The van der Waals surface area contributed by atoms with E-state index in [4.69, 9.17) is 4.74 Å². The standard InChI is InChI=1S/C20H35N5O2/c1-5-10-22-19(26)18-9-6-8-17(15-18)16-24-20(21-2)23-11-13-25(3)12-7-14-27-4/h6,8-9,15H,5,7,10-14,16H2,1-4H3,(H,22,26)(H2,21,23,24). The third-order valence-corrected chi connectivity index (χ3v) is 4.08. The maximum Gasteiger partial charge on any atom is 0.251 e. The zero-order valence-electron chi connectivity index (χ0n) is 17.2. The Bertz CT molecular complexity index is 577. The number of ether oxygens (including phenoxy) is 1. The molecular formula is C20H35N5O2. The fourth-order valence-corrected chi connectivity index (χ4v) is 2.53. The Morgan fingerprint density at radius 1 is 1.19 bits per heavy atom. The van der Waals surface area contributed by atoms with Crippen LogP contribution in [-0.2, 0) is 11.3 Å². The number of hydrogen-bond donors (Lipinski definition) is 3. The monoisotopic (exact) mass is 377 g/mol. The smallest absolute Gasteiger partial charge is 0.251 e. The van der Waals surface area contributed by atoms with E-state index in [2.05, 4.69) is 32.9 Å². The predicted octanol–water partition coefficient (Wildman–Crippen LogP) is 1.46. The minimum Gasteiger partial charge on any atom is -0.385 e. The highest BCUT2D eigenvalue weighted by Gasteiger charge is 2.06. The summed E-state index contributed by atoms with van der Waals surface area (Å²) in [6.07, 6.45) is 1.96. The summed E-state index contributed by atoms with van der Waals surface area (Å²) in [6.45, 7) is 6.87.